The minimum Gasteiger partial charge on any atom is -0.281 e. The van der Waals surface area contributed by atoms with Crippen LogP contribution in [-0.2, 0) is 4.79 Å². The molecule has 0 amide bonds. The van der Waals surface area contributed by atoms with Gasteiger partial charge in [-0.25, -0.2) is 0 Å². The molecule has 0 atom stereocenters. The summed E-state index contributed by atoms with van der Waals surface area (Å²) < 4.78 is 0. The van der Waals surface area contributed by atoms with Crippen molar-refractivity contribution >= 4 is 16.8 Å². The molecule has 0 aromatic heterocycles. The molecule has 0 saturated heterocycles. The lowest BCUT2D eigenvalue weighted by Crippen LogP contribution is -2.26. The van der Waals surface area contributed by atoms with Crippen LogP contribution in [0, 0.1) is 5.41 Å². The van der Waals surface area contributed by atoms with Gasteiger partial charge in [-0.05, 0) is 30.9 Å². The fourth-order valence-electron chi connectivity index (χ4n) is 1.77. The van der Waals surface area contributed by atoms with Gasteiger partial charge in [-0.2, -0.15) is 0 Å². The minimum atomic E-state index is -0.231. The topological polar surface area (TPSA) is 17.1 Å². The molecule has 0 unspecified atom stereocenters. The van der Waals surface area contributed by atoms with Crippen LogP contribution in [-0.4, -0.2) is 5.24 Å². The second-order valence-corrected chi connectivity index (χ2v) is 3.75. The third-order valence-corrected chi connectivity index (χ3v) is 2.95. The molecule has 1 nitrogen and oxygen atoms in total. The van der Waals surface area contributed by atoms with Crippen LogP contribution >= 0.6 is 11.6 Å². The monoisotopic (exact) mass is 190 g/mol. The van der Waals surface area contributed by atoms with E-state index in [2.05, 4.69) is 13.8 Å². The van der Waals surface area contributed by atoms with Gasteiger partial charge in [0, 0.05) is 5.41 Å². The Morgan fingerprint density at radius 3 is 1.75 bits per heavy atom. The molecular formula is C10H19ClO. The number of rotatable bonds is 6. The van der Waals surface area contributed by atoms with Gasteiger partial charge in [0.05, 0.1) is 0 Å². The summed E-state index contributed by atoms with van der Waals surface area (Å²) in [5.41, 5.74) is -0.231. The van der Waals surface area contributed by atoms with E-state index in [-0.39, 0.29) is 10.7 Å². The molecule has 0 bridgehead atoms. The molecule has 12 heavy (non-hydrogen) atoms. The van der Waals surface area contributed by atoms with Crippen LogP contribution in [0.5, 0.6) is 0 Å². The summed E-state index contributed by atoms with van der Waals surface area (Å²) in [6.45, 7) is 6.24. The first-order valence-corrected chi connectivity index (χ1v) is 5.20. The Hall–Kier alpha value is -0.0400. The maximum atomic E-state index is 11.2. The number of halogens is 1. The number of carbonyl (C=O) groups excluding carboxylic acids is 1. The second kappa shape index (κ2) is 5.58. The zero-order valence-corrected chi connectivity index (χ0v) is 9.08. The van der Waals surface area contributed by atoms with Gasteiger partial charge < -0.3 is 0 Å². The average molecular weight is 191 g/mol. The van der Waals surface area contributed by atoms with Crippen molar-refractivity contribution in [2.75, 3.05) is 0 Å². The standard InChI is InChI=1S/C10H19ClO/c1-4-7-10(6-3,8-5-2)9(11)12/h4-8H2,1-3H3. The van der Waals surface area contributed by atoms with E-state index in [1.807, 2.05) is 6.92 Å². The van der Waals surface area contributed by atoms with Gasteiger partial charge >= 0.3 is 0 Å². The summed E-state index contributed by atoms with van der Waals surface area (Å²) >= 11 is 5.62. The highest BCUT2D eigenvalue weighted by Gasteiger charge is 2.32. The summed E-state index contributed by atoms with van der Waals surface area (Å²) in [6.07, 6.45) is 4.80. The maximum Gasteiger partial charge on any atom is 0.227 e. The Morgan fingerprint density at radius 1 is 1.17 bits per heavy atom. The lowest BCUT2D eigenvalue weighted by Gasteiger charge is -2.27. The summed E-state index contributed by atoms with van der Waals surface area (Å²) in [4.78, 5) is 11.2. The van der Waals surface area contributed by atoms with Gasteiger partial charge in [0.25, 0.3) is 0 Å². The molecule has 0 aromatic carbocycles. The first-order valence-electron chi connectivity index (χ1n) is 4.83. The lowest BCUT2D eigenvalue weighted by atomic mass is 9.78. The number of hydrogen-bond acceptors (Lipinski definition) is 1. The Balaban J connectivity index is 4.39. The third-order valence-electron chi connectivity index (χ3n) is 2.55. The van der Waals surface area contributed by atoms with Crippen molar-refractivity contribution in [3.05, 3.63) is 0 Å². The largest absolute Gasteiger partial charge is 0.281 e. The number of hydrogen-bond donors (Lipinski definition) is 0. The van der Waals surface area contributed by atoms with E-state index in [4.69, 9.17) is 11.6 Å². The molecule has 0 saturated carbocycles. The Labute approximate surface area is 80.5 Å². The zero-order chi connectivity index (χ0) is 9.61. The van der Waals surface area contributed by atoms with Gasteiger partial charge in [0.2, 0.25) is 5.24 Å². The Morgan fingerprint density at radius 2 is 1.58 bits per heavy atom. The van der Waals surface area contributed by atoms with Gasteiger partial charge in [-0.15, -0.1) is 0 Å². The lowest BCUT2D eigenvalue weighted by molar-refractivity contribution is -0.121. The molecular weight excluding hydrogens is 172 g/mol. The normalized spacial score (nSPS) is 11.7. The molecule has 0 radical (unpaired) electrons. The molecule has 72 valence electrons. The van der Waals surface area contributed by atoms with Crippen molar-refractivity contribution in [3.63, 3.8) is 0 Å². The Bertz CT molecular complexity index is 137. The van der Waals surface area contributed by atoms with Crippen LogP contribution in [0.15, 0.2) is 0 Å². The molecule has 0 aliphatic carbocycles. The molecule has 0 N–H and O–H groups in total. The SMILES string of the molecule is CCCC(CC)(CCC)C(=O)Cl. The van der Waals surface area contributed by atoms with Crippen LogP contribution < -0.4 is 0 Å². The molecule has 2 heteroatoms. The van der Waals surface area contributed by atoms with E-state index in [1.165, 1.54) is 0 Å². The van der Waals surface area contributed by atoms with E-state index in [0.29, 0.717) is 0 Å². The van der Waals surface area contributed by atoms with E-state index in [0.717, 1.165) is 32.1 Å². The second-order valence-electron chi connectivity index (χ2n) is 3.41. The van der Waals surface area contributed by atoms with Gasteiger partial charge in [0.1, 0.15) is 0 Å². The predicted molar refractivity (Wildman–Crippen MR) is 53.4 cm³/mol. The summed E-state index contributed by atoms with van der Waals surface area (Å²) in [5, 5.41) is -0.145. The molecule has 0 rings (SSSR count). The van der Waals surface area contributed by atoms with E-state index in [9.17, 15) is 4.79 Å². The minimum absolute atomic E-state index is 0.145. The van der Waals surface area contributed by atoms with Crippen molar-refractivity contribution in [2.45, 2.75) is 52.9 Å². The highest BCUT2D eigenvalue weighted by molar-refractivity contribution is 6.64. The quantitative estimate of drug-likeness (QED) is 0.583. The summed E-state index contributed by atoms with van der Waals surface area (Å²) in [5.74, 6) is 0. The fraction of sp³-hybridized carbons (Fsp3) is 0.900. The van der Waals surface area contributed by atoms with Crippen molar-refractivity contribution in [3.8, 4) is 0 Å². The molecule has 0 aromatic rings. The van der Waals surface area contributed by atoms with E-state index >= 15 is 0 Å². The highest BCUT2D eigenvalue weighted by Crippen LogP contribution is 2.35. The van der Waals surface area contributed by atoms with Crippen LogP contribution in [0.25, 0.3) is 0 Å². The molecule has 0 heterocycles. The van der Waals surface area contributed by atoms with Crippen molar-refractivity contribution in [2.24, 2.45) is 5.41 Å². The van der Waals surface area contributed by atoms with Crippen LogP contribution in [0.4, 0.5) is 0 Å². The molecule has 0 aliphatic heterocycles. The van der Waals surface area contributed by atoms with Crippen molar-refractivity contribution in [1.29, 1.82) is 0 Å². The van der Waals surface area contributed by atoms with Gasteiger partial charge in [-0.3, -0.25) is 4.79 Å². The van der Waals surface area contributed by atoms with Crippen LogP contribution in [0.2, 0.25) is 0 Å². The Kier molecular flexibility index (Phi) is 5.56. The van der Waals surface area contributed by atoms with Gasteiger partial charge in [0.15, 0.2) is 0 Å². The van der Waals surface area contributed by atoms with Crippen molar-refractivity contribution in [1.82, 2.24) is 0 Å². The smallest absolute Gasteiger partial charge is 0.227 e. The zero-order valence-electron chi connectivity index (χ0n) is 8.32. The highest BCUT2D eigenvalue weighted by atomic mass is 35.5. The van der Waals surface area contributed by atoms with Crippen LogP contribution in [0.1, 0.15) is 52.9 Å². The van der Waals surface area contributed by atoms with Gasteiger partial charge in [-0.1, -0.05) is 33.6 Å². The van der Waals surface area contributed by atoms with Crippen molar-refractivity contribution < 1.29 is 4.79 Å². The first kappa shape index (κ1) is 12.0. The molecule has 0 aliphatic rings. The average Bonchev–Trinajstić information content (AvgIpc) is 2.03. The molecule has 0 spiro atoms. The number of carbonyl (C=O) groups is 1. The summed E-state index contributed by atoms with van der Waals surface area (Å²) in [6, 6.07) is 0. The fourth-order valence-corrected chi connectivity index (χ4v) is 2.09. The summed E-state index contributed by atoms with van der Waals surface area (Å²) in [7, 11) is 0. The predicted octanol–water partition coefficient (Wildman–Crippen LogP) is 3.75. The van der Waals surface area contributed by atoms with E-state index in [1.54, 1.807) is 0 Å². The first-order chi connectivity index (χ1) is 5.63. The third kappa shape index (κ3) is 2.78. The molecule has 0 fully saturated rings. The van der Waals surface area contributed by atoms with E-state index < -0.39 is 0 Å². The van der Waals surface area contributed by atoms with Crippen LogP contribution in [0.3, 0.4) is 0 Å². The maximum absolute atomic E-state index is 11.2.